The van der Waals surface area contributed by atoms with Gasteiger partial charge in [-0.3, -0.25) is 0 Å². The Morgan fingerprint density at radius 1 is 1.53 bits per heavy atom. The van der Waals surface area contributed by atoms with Gasteiger partial charge < -0.3 is 10.1 Å². The molecule has 1 aliphatic heterocycles. The number of benzene rings is 1. The molecule has 2 rings (SSSR count). The number of rotatable bonds is 3. The van der Waals surface area contributed by atoms with E-state index in [0.717, 1.165) is 13.0 Å². The van der Waals surface area contributed by atoms with Crippen molar-refractivity contribution in [3.05, 3.63) is 29.0 Å². The molecule has 82 valence electrons. The van der Waals surface area contributed by atoms with Crippen LogP contribution in [0.3, 0.4) is 0 Å². The van der Waals surface area contributed by atoms with Crippen LogP contribution in [0.2, 0.25) is 5.02 Å². The van der Waals surface area contributed by atoms with E-state index in [0.29, 0.717) is 18.4 Å². The second-order valence-corrected chi connectivity index (χ2v) is 4.09. The summed E-state index contributed by atoms with van der Waals surface area (Å²) in [7, 11) is 0. The minimum atomic E-state index is -0.437. The van der Waals surface area contributed by atoms with Crippen molar-refractivity contribution in [3.8, 4) is 5.75 Å². The molecule has 0 spiro atoms. The van der Waals surface area contributed by atoms with Crippen LogP contribution in [0.4, 0.5) is 4.39 Å². The summed E-state index contributed by atoms with van der Waals surface area (Å²) < 4.78 is 18.5. The van der Waals surface area contributed by atoms with Crippen molar-refractivity contribution < 1.29 is 9.13 Å². The van der Waals surface area contributed by atoms with Crippen LogP contribution < -0.4 is 10.1 Å². The SMILES string of the molecule is Fc1cc(OC[C@@H]2CCCN2)ccc1Cl. The van der Waals surface area contributed by atoms with Gasteiger partial charge in [0.05, 0.1) is 5.02 Å². The molecule has 1 aromatic carbocycles. The first-order valence-corrected chi connectivity index (χ1v) is 5.45. The standard InChI is InChI=1S/C11H13ClFNO/c12-10-4-3-9(6-11(10)13)15-7-8-2-1-5-14-8/h3-4,6,8,14H,1-2,5,7H2/t8-/m0/s1. The van der Waals surface area contributed by atoms with Gasteiger partial charge in [0.25, 0.3) is 0 Å². The predicted octanol–water partition coefficient (Wildman–Crippen LogP) is 2.61. The van der Waals surface area contributed by atoms with Gasteiger partial charge in [-0.05, 0) is 31.5 Å². The molecule has 1 fully saturated rings. The van der Waals surface area contributed by atoms with Gasteiger partial charge in [0.1, 0.15) is 18.2 Å². The van der Waals surface area contributed by atoms with Gasteiger partial charge in [-0.1, -0.05) is 11.6 Å². The van der Waals surface area contributed by atoms with E-state index < -0.39 is 5.82 Å². The molecule has 0 aromatic heterocycles. The number of nitrogens with one attached hydrogen (secondary N) is 1. The van der Waals surface area contributed by atoms with E-state index in [9.17, 15) is 4.39 Å². The Bertz CT molecular complexity index is 339. The number of hydrogen-bond donors (Lipinski definition) is 1. The van der Waals surface area contributed by atoms with Crippen molar-refractivity contribution in [1.82, 2.24) is 5.32 Å². The van der Waals surface area contributed by atoms with E-state index in [1.807, 2.05) is 0 Å². The van der Waals surface area contributed by atoms with Crippen LogP contribution in [0.5, 0.6) is 5.75 Å². The Balaban J connectivity index is 1.90. The fourth-order valence-electron chi connectivity index (χ4n) is 1.66. The molecule has 1 N–H and O–H groups in total. The minimum Gasteiger partial charge on any atom is -0.492 e. The van der Waals surface area contributed by atoms with E-state index in [1.54, 1.807) is 6.07 Å². The Morgan fingerprint density at radius 3 is 3.07 bits per heavy atom. The zero-order valence-corrected chi connectivity index (χ0v) is 9.06. The summed E-state index contributed by atoms with van der Waals surface area (Å²) in [4.78, 5) is 0. The zero-order valence-electron chi connectivity index (χ0n) is 8.30. The lowest BCUT2D eigenvalue weighted by molar-refractivity contribution is 0.276. The molecule has 0 radical (unpaired) electrons. The number of halogens is 2. The maximum absolute atomic E-state index is 13.1. The number of hydrogen-bond acceptors (Lipinski definition) is 2. The summed E-state index contributed by atoms with van der Waals surface area (Å²) in [5, 5.41) is 3.43. The quantitative estimate of drug-likeness (QED) is 0.861. The highest BCUT2D eigenvalue weighted by atomic mass is 35.5. The highest BCUT2D eigenvalue weighted by Gasteiger charge is 2.14. The van der Waals surface area contributed by atoms with Gasteiger partial charge in [0.15, 0.2) is 0 Å². The van der Waals surface area contributed by atoms with Crippen LogP contribution in [0, 0.1) is 5.82 Å². The Kier molecular flexibility index (Phi) is 3.44. The fourth-order valence-corrected chi connectivity index (χ4v) is 1.78. The summed E-state index contributed by atoms with van der Waals surface area (Å²) in [6.45, 7) is 1.63. The van der Waals surface area contributed by atoms with Crippen LogP contribution in [0.15, 0.2) is 18.2 Å². The van der Waals surface area contributed by atoms with Crippen LogP contribution in [0.25, 0.3) is 0 Å². The third kappa shape index (κ3) is 2.83. The Morgan fingerprint density at radius 2 is 2.40 bits per heavy atom. The summed E-state index contributed by atoms with van der Waals surface area (Å²) in [5.41, 5.74) is 0. The van der Waals surface area contributed by atoms with Gasteiger partial charge in [-0.15, -0.1) is 0 Å². The molecule has 15 heavy (non-hydrogen) atoms. The molecule has 1 aromatic rings. The average Bonchev–Trinajstić information content (AvgIpc) is 2.73. The van der Waals surface area contributed by atoms with Crippen molar-refractivity contribution in [2.75, 3.05) is 13.2 Å². The van der Waals surface area contributed by atoms with Crippen molar-refractivity contribution in [1.29, 1.82) is 0 Å². The highest BCUT2D eigenvalue weighted by molar-refractivity contribution is 6.30. The zero-order chi connectivity index (χ0) is 10.7. The van der Waals surface area contributed by atoms with Crippen LogP contribution in [0.1, 0.15) is 12.8 Å². The average molecular weight is 230 g/mol. The molecule has 0 unspecified atom stereocenters. The van der Waals surface area contributed by atoms with E-state index in [1.165, 1.54) is 18.6 Å². The van der Waals surface area contributed by atoms with Gasteiger partial charge in [-0.2, -0.15) is 0 Å². The second-order valence-electron chi connectivity index (χ2n) is 3.68. The maximum Gasteiger partial charge on any atom is 0.145 e. The van der Waals surface area contributed by atoms with Crippen molar-refractivity contribution >= 4 is 11.6 Å². The minimum absolute atomic E-state index is 0.126. The largest absolute Gasteiger partial charge is 0.492 e. The van der Waals surface area contributed by atoms with E-state index >= 15 is 0 Å². The smallest absolute Gasteiger partial charge is 0.145 e. The molecular weight excluding hydrogens is 217 g/mol. The maximum atomic E-state index is 13.1. The normalized spacial score (nSPS) is 20.5. The van der Waals surface area contributed by atoms with Gasteiger partial charge in [-0.25, -0.2) is 4.39 Å². The predicted molar refractivity (Wildman–Crippen MR) is 57.9 cm³/mol. The topological polar surface area (TPSA) is 21.3 Å². The van der Waals surface area contributed by atoms with E-state index in [2.05, 4.69) is 5.32 Å². The van der Waals surface area contributed by atoms with Crippen LogP contribution >= 0.6 is 11.6 Å². The molecule has 0 amide bonds. The first kappa shape index (κ1) is 10.7. The molecule has 2 nitrogen and oxygen atoms in total. The first-order valence-electron chi connectivity index (χ1n) is 5.07. The fraction of sp³-hybridized carbons (Fsp3) is 0.455. The summed E-state index contributed by atoms with van der Waals surface area (Å²) in [6, 6.07) is 4.90. The lowest BCUT2D eigenvalue weighted by Crippen LogP contribution is -2.28. The number of ether oxygens (including phenoxy) is 1. The summed E-state index contributed by atoms with van der Waals surface area (Å²) in [6.07, 6.45) is 2.30. The molecule has 1 saturated heterocycles. The highest BCUT2D eigenvalue weighted by Crippen LogP contribution is 2.20. The molecular formula is C11H13ClFNO. The van der Waals surface area contributed by atoms with Crippen LogP contribution in [-0.2, 0) is 0 Å². The van der Waals surface area contributed by atoms with Gasteiger partial charge >= 0.3 is 0 Å². The molecule has 1 heterocycles. The van der Waals surface area contributed by atoms with Crippen molar-refractivity contribution in [2.24, 2.45) is 0 Å². The summed E-state index contributed by atoms with van der Waals surface area (Å²) in [5.74, 6) is 0.0964. The third-order valence-corrected chi connectivity index (χ3v) is 2.81. The van der Waals surface area contributed by atoms with Gasteiger partial charge in [0, 0.05) is 12.1 Å². The molecule has 1 atom stereocenters. The third-order valence-electron chi connectivity index (χ3n) is 2.50. The van der Waals surface area contributed by atoms with E-state index in [-0.39, 0.29) is 5.02 Å². The van der Waals surface area contributed by atoms with Crippen LogP contribution in [-0.4, -0.2) is 19.2 Å². The molecule has 4 heteroatoms. The van der Waals surface area contributed by atoms with Crippen molar-refractivity contribution in [2.45, 2.75) is 18.9 Å². The van der Waals surface area contributed by atoms with E-state index in [4.69, 9.17) is 16.3 Å². The lowest BCUT2D eigenvalue weighted by Gasteiger charge is -2.12. The Labute approximate surface area is 93.4 Å². The lowest BCUT2D eigenvalue weighted by atomic mass is 10.2. The van der Waals surface area contributed by atoms with Gasteiger partial charge in [0.2, 0.25) is 0 Å². The monoisotopic (exact) mass is 229 g/mol. The summed E-state index contributed by atoms with van der Waals surface area (Å²) >= 11 is 5.57. The first-order chi connectivity index (χ1) is 7.25. The molecule has 1 aliphatic rings. The second kappa shape index (κ2) is 4.81. The molecule has 0 bridgehead atoms. The molecule has 0 saturated carbocycles. The van der Waals surface area contributed by atoms with Crippen molar-refractivity contribution in [3.63, 3.8) is 0 Å². The molecule has 0 aliphatic carbocycles. The Hall–Kier alpha value is -0.800.